The summed E-state index contributed by atoms with van der Waals surface area (Å²) in [4.78, 5) is 0. The van der Waals surface area contributed by atoms with Crippen LogP contribution in [-0.2, 0) is 19.6 Å². The third-order valence-corrected chi connectivity index (χ3v) is 9.36. The lowest BCUT2D eigenvalue weighted by molar-refractivity contribution is -0.288. The smallest absolute Gasteiger partial charge is 0.411 e. The fourth-order valence-electron chi connectivity index (χ4n) is 5.13. The molecule has 0 aromatic heterocycles. The molecule has 11 heteroatoms. The molecule has 2 aromatic rings. The third kappa shape index (κ3) is 9.53. The Bertz CT molecular complexity index is 1140. The molecule has 0 aliphatic rings. The van der Waals surface area contributed by atoms with Crippen molar-refractivity contribution in [1.29, 1.82) is 0 Å². The number of hydrogen-bond acceptors (Lipinski definition) is 5. The molecule has 2 atom stereocenters. The van der Waals surface area contributed by atoms with Crippen molar-refractivity contribution in [2.75, 3.05) is 26.4 Å². The number of halogens is 6. The van der Waals surface area contributed by atoms with E-state index in [1.165, 1.54) is 0 Å². The maximum atomic E-state index is 14.6. The van der Waals surface area contributed by atoms with Crippen LogP contribution >= 0.6 is 0 Å². The second kappa shape index (κ2) is 16.6. The minimum absolute atomic E-state index is 0.0508. The molecule has 0 N–H and O–H groups in total. The molecule has 46 heavy (non-hydrogen) atoms. The Labute approximate surface area is 269 Å². The maximum Gasteiger partial charge on any atom is 0.411 e. The van der Waals surface area contributed by atoms with Gasteiger partial charge < -0.3 is 23.7 Å². The Kier molecular flexibility index (Phi) is 14.3. The van der Waals surface area contributed by atoms with Crippen molar-refractivity contribution in [3.8, 4) is 11.5 Å². The number of rotatable bonds is 19. The lowest BCUT2D eigenvalue weighted by Gasteiger charge is -2.38. The first kappa shape index (κ1) is 39.7. The van der Waals surface area contributed by atoms with E-state index >= 15 is 0 Å². The summed E-state index contributed by atoms with van der Waals surface area (Å²) < 4.78 is 116. The van der Waals surface area contributed by atoms with Crippen LogP contribution in [0.5, 0.6) is 11.5 Å². The van der Waals surface area contributed by atoms with Gasteiger partial charge in [-0.05, 0) is 87.3 Å². The quantitative estimate of drug-likeness (QED) is 0.0850. The molecule has 0 bridgehead atoms. The van der Waals surface area contributed by atoms with Crippen LogP contribution in [0.4, 0.5) is 26.3 Å². The molecule has 2 rings (SSSR count). The number of ether oxygens (including phenoxy) is 5. The highest BCUT2D eigenvalue weighted by molar-refractivity contribution is 5.47. The Balaban J connectivity index is 2.08. The van der Waals surface area contributed by atoms with E-state index in [1.807, 2.05) is 20.8 Å². The van der Waals surface area contributed by atoms with E-state index in [9.17, 15) is 26.3 Å². The molecule has 0 saturated heterocycles. The molecule has 0 fully saturated rings. The molecule has 5 nitrogen and oxygen atoms in total. The molecule has 0 aliphatic carbocycles. The molecule has 2 aromatic carbocycles. The average molecular weight is 665 g/mol. The van der Waals surface area contributed by atoms with Crippen LogP contribution < -0.4 is 9.47 Å². The first-order chi connectivity index (χ1) is 21.4. The van der Waals surface area contributed by atoms with Crippen LogP contribution in [0.2, 0.25) is 0 Å². The summed E-state index contributed by atoms with van der Waals surface area (Å²) in [5.74, 6) is 0.237. The lowest BCUT2D eigenvalue weighted by atomic mass is 9.73. The van der Waals surface area contributed by atoms with Crippen LogP contribution in [0.25, 0.3) is 0 Å². The monoisotopic (exact) mass is 664 g/mol. The van der Waals surface area contributed by atoms with Crippen molar-refractivity contribution in [2.45, 2.75) is 117 Å². The Morgan fingerprint density at radius 2 is 1.02 bits per heavy atom. The summed E-state index contributed by atoms with van der Waals surface area (Å²) in [7, 11) is 0. The first-order valence-corrected chi connectivity index (χ1v) is 15.9. The molecule has 0 saturated carbocycles. The second-order valence-corrected chi connectivity index (χ2v) is 12.1. The van der Waals surface area contributed by atoms with Crippen molar-refractivity contribution in [3.63, 3.8) is 0 Å². The van der Waals surface area contributed by atoms with E-state index in [4.69, 9.17) is 23.7 Å². The first-order valence-electron chi connectivity index (χ1n) is 15.9. The van der Waals surface area contributed by atoms with Crippen LogP contribution in [0.1, 0.15) is 92.2 Å². The van der Waals surface area contributed by atoms with Crippen molar-refractivity contribution in [2.24, 2.45) is 5.41 Å². The van der Waals surface area contributed by atoms with Gasteiger partial charge in [0.05, 0.1) is 32.5 Å². The fraction of sp³-hybridized carbons (Fsp3) is 0.657. The normalized spacial score (nSPS) is 14.7. The lowest BCUT2D eigenvalue weighted by Crippen LogP contribution is -2.54. The summed E-state index contributed by atoms with van der Waals surface area (Å²) in [5.41, 5.74) is -6.74. The van der Waals surface area contributed by atoms with Gasteiger partial charge in [0, 0.05) is 0 Å². The van der Waals surface area contributed by atoms with Gasteiger partial charge in [-0.15, -0.1) is 0 Å². The van der Waals surface area contributed by atoms with Crippen LogP contribution in [0.15, 0.2) is 48.5 Å². The Hall–Kier alpha value is -2.50. The van der Waals surface area contributed by atoms with Crippen molar-refractivity contribution < 1.29 is 50.0 Å². The Morgan fingerprint density at radius 3 is 1.43 bits per heavy atom. The van der Waals surface area contributed by atoms with Crippen LogP contribution in [0.3, 0.4) is 0 Å². The van der Waals surface area contributed by atoms with Crippen molar-refractivity contribution in [1.82, 2.24) is 0 Å². The molecule has 0 amide bonds. The highest BCUT2D eigenvalue weighted by Crippen LogP contribution is 2.56. The van der Waals surface area contributed by atoms with E-state index in [2.05, 4.69) is 27.7 Å². The maximum absolute atomic E-state index is 14.6. The summed E-state index contributed by atoms with van der Waals surface area (Å²) in [6.07, 6.45) is -8.92. The van der Waals surface area contributed by atoms with Gasteiger partial charge in [0.25, 0.3) is 0 Å². The molecule has 0 aliphatic heterocycles. The summed E-state index contributed by atoms with van der Waals surface area (Å²) in [5, 5.41) is 0. The van der Waals surface area contributed by atoms with Crippen molar-refractivity contribution in [3.05, 3.63) is 59.7 Å². The SMILES string of the molecule is CCC(C)(CC)Oc1ccc(C(c2ccc(OC(C)OCCOCCOC(C)C(C)(CC)CC)cc2)(C(F)(F)F)C(F)(F)F)cc1. The topological polar surface area (TPSA) is 46.2 Å². The number of hydrogen-bond donors (Lipinski definition) is 0. The zero-order chi connectivity index (χ0) is 34.8. The van der Waals surface area contributed by atoms with Crippen molar-refractivity contribution >= 4 is 0 Å². The minimum atomic E-state index is -5.71. The molecule has 2 unspecified atom stereocenters. The van der Waals surface area contributed by atoms with E-state index in [0.29, 0.717) is 26.1 Å². The summed E-state index contributed by atoms with van der Waals surface area (Å²) in [6.45, 7) is 16.9. The zero-order valence-electron chi connectivity index (χ0n) is 28.2. The highest BCUT2D eigenvalue weighted by Gasteiger charge is 2.72. The fourth-order valence-corrected chi connectivity index (χ4v) is 5.13. The predicted molar refractivity (Wildman–Crippen MR) is 166 cm³/mol. The largest absolute Gasteiger partial charge is 0.488 e. The second-order valence-electron chi connectivity index (χ2n) is 12.1. The molecular formula is C35H50F6O5. The zero-order valence-corrected chi connectivity index (χ0v) is 28.2. The van der Waals surface area contributed by atoms with Gasteiger partial charge in [0.2, 0.25) is 5.41 Å². The van der Waals surface area contributed by atoms with Crippen LogP contribution in [-0.4, -0.2) is 56.8 Å². The minimum Gasteiger partial charge on any atom is -0.488 e. The number of benzene rings is 2. The summed E-state index contributed by atoms with van der Waals surface area (Å²) in [6, 6.07) is 7.65. The number of alkyl halides is 6. The van der Waals surface area contributed by atoms with Gasteiger partial charge in [0.15, 0.2) is 6.29 Å². The third-order valence-electron chi connectivity index (χ3n) is 9.36. The van der Waals surface area contributed by atoms with Gasteiger partial charge in [-0.1, -0.05) is 58.9 Å². The molecular weight excluding hydrogens is 614 g/mol. The van der Waals surface area contributed by atoms with E-state index < -0.39 is 40.8 Å². The predicted octanol–water partition coefficient (Wildman–Crippen LogP) is 10.0. The molecule has 0 spiro atoms. The highest BCUT2D eigenvalue weighted by atomic mass is 19.4. The van der Waals surface area contributed by atoms with Gasteiger partial charge in [0.1, 0.15) is 17.1 Å². The molecule has 262 valence electrons. The standard InChI is InChI=1S/C35H50F6O5/c1-9-31(7,10-2)25(5)43-23-21-42-22-24-44-26(6)45-29-17-13-27(14-18-29)33(34(36,37)38,35(39,40)41)28-15-19-30(20-16-28)46-32(8,11-3)12-4/h13-20,25-26H,9-12,21-24H2,1-8H3. The average Bonchev–Trinajstić information content (AvgIpc) is 3.00. The Morgan fingerprint density at radius 1 is 0.587 bits per heavy atom. The molecule has 0 heterocycles. The van der Waals surface area contributed by atoms with E-state index in [1.54, 1.807) is 6.92 Å². The van der Waals surface area contributed by atoms with E-state index in [0.717, 1.165) is 61.4 Å². The van der Waals surface area contributed by atoms with Crippen LogP contribution in [0, 0.1) is 5.41 Å². The van der Waals surface area contributed by atoms with E-state index in [-0.39, 0.29) is 36.2 Å². The van der Waals surface area contributed by atoms with Gasteiger partial charge in [-0.25, -0.2) is 0 Å². The van der Waals surface area contributed by atoms with Gasteiger partial charge in [-0.3, -0.25) is 0 Å². The van der Waals surface area contributed by atoms with Gasteiger partial charge >= 0.3 is 12.4 Å². The molecule has 0 radical (unpaired) electrons. The van der Waals surface area contributed by atoms with Gasteiger partial charge in [-0.2, -0.15) is 26.3 Å². The summed E-state index contributed by atoms with van der Waals surface area (Å²) >= 11 is 0.